The summed E-state index contributed by atoms with van der Waals surface area (Å²) in [6.07, 6.45) is 0.700. The van der Waals surface area contributed by atoms with Crippen LogP contribution in [0.1, 0.15) is 33.3 Å². The van der Waals surface area contributed by atoms with Crippen molar-refractivity contribution in [3.63, 3.8) is 0 Å². The summed E-state index contributed by atoms with van der Waals surface area (Å²) in [6.45, 7) is 0. The fourth-order valence-electron chi connectivity index (χ4n) is 4.46. The molecule has 4 aromatic rings. The maximum absolute atomic E-state index is 12.9. The van der Waals surface area contributed by atoms with Crippen LogP contribution in [-0.2, 0) is 15.1 Å². The minimum atomic E-state index is -0.851. The van der Waals surface area contributed by atoms with Crippen LogP contribution in [-0.4, -0.2) is 40.0 Å². The molecule has 5 rings (SSSR count). The highest BCUT2D eigenvalue weighted by Gasteiger charge is 2.49. The summed E-state index contributed by atoms with van der Waals surface area (Å²) in [5.74, 6) is -0.783. The third-order valence-corrected chi connectivity index (χ3v) is 6.11. The molecule has 1 fully saturated rings. The van der Waals surface area contributed by atoms with Gasteiger partial charge in [-0.2, -0.15) is 0 Å². The van der Waals surface area contributed by atoms with E-state index in [4.69, 9.17) is 4.74 Å². The molecule has 8 nitrogen and oxygen atoms in total. The van der Waals surface area contributed by atoms with Gasteiger partial charge < -0.3 is 10.1 Å². The van der Waals surface area contributed by atoms with E-state index in [1.807, 2.05) is 91.0 Å². The van der Waals surface area contributed by atoms with Gasteiger partial charge in [0.05, 0.1) is 18.8 Å². The summed E-state index contributed by atoms with van der Waals surface area (Å²) in [6, 6.07) is 29.2. The number of rotatable bonds is 7. The zero-order chi connectivity index (χ0) is 23.5. The van der Waals surface area contributed by atoms with Crippen LogP contribution in [0.4, 0.5) is 0 Å². The first-order chi connectivity index (χ1) is 16.6. The van der Waals surface area contributed by atoms with Gasteiger partial charge in [0.25, 0.3) is 0 Å². The second-order valence-corrected chi connectivity index (χ2v) is 7.98. The first-order valence-corrected chi connectivity index (χ1v) is 10.9. The molecule has 0 spiro atoms. The molecule has 2 heterocycles. The number of carbonyl (C=O) groups excluding carboxylic acids is 2. The Morgan fingerprint density at radius 3 is 1.85 bits per heavy atom. The molecule has 0 unspecified atom stereocenters. The summed E-state index contributed by atoms with van der Waals surface area (Å²) in [5, 5.41) is 14.4. The number of ether oxygens (including phenoxy) is 1. The van der Waals surface area contributed by atoms with E-state index in [0.29, 0.717) is 0 Å². The zero-order valence-corrected chi connectivity index (χ0v) is 18.5. The highest BCUT2D eigenvalue weighted by Crippen LogP contribution is 2.39. The molecule has 3 aromatic carbocycles. The van der Waals surface area contributed by atoms with Gasteiger partial charge in [-0.3, -0.25) is 10.1 Å². The minimum absolute atomic E-state index is 0.157. The highest BCUT2D eigenvalue weighted by molar-refractivity contribution is 5.90. The molecule has 1 aliphatic rings. The van der Waals surface area contributed by atoms with Crippen molar-refractivity contribution < 1.29 is 14.3 Å². The van der Waals surface area contributed by atoms with Crippen LogP contribution in [0.5, 0.6) is 0 Å². The molecule has 0 saturated carbocycles. The van der Waals surface area contributed by atoms with E-state index in [0.717, 1.165) is 16.7 Å². The van der Waals surface area contributed by atoms with Crippen LogP contribution in [0, 0.1) is 0 Å². The summed E-state index contributed by atoms with van der Waals surface area (Å²) in [4.78, 5) is 25.1. The maximum atomic E-state index is 12.9. The van der Waals surface area contributed by atoms with Crippen LogP contribution in [0.3, 0.4) is 0 Å². The zero-order valence-electron chi connectivity index (χ0n) is 18.5. The summed E-state index contributed by atoms with van der Waals surface area (Å²) >= 11 is 0. The first-order valence-electron chi connectivity index (χ1n) is 10.9. The Kier molecular flexibility index (Phi) is 5.65. The minimum Gasteiger partial charge on any atom is -0.464 e. The van der Waals surface area contributed by atoms with Crippen LogP contribution < -0.4 is 10.6 Å². The third kappa shape index (κ3) is 3.54. The lowest BCUT2D eigenvalue weighted by molar-refractivity contribution is -0.135. The van der Waals surface area contributed by atoms with Crippen LogP contribution in [0.15, 0.2) is 97.2 Å². The van der Waals surface area contributed by atoms with E-state index in [2.05, 4.69) is 20.9 Å². The molecular formula is C26H23N5O3. The van der Waals surface area contributed by atoms with E-state index in [-0.39, 0.29) is 11.6 Å². The lowest BCUT2D eigenvalue weighted by atomic mass is 9.76. The van der Waals surface area contributed by atoms with Crippen molar-refractivity contribution in [2.45, 2.75) is 17.7 Å². The highest BCUT2D eigenvalue weighted by atomic mass is 16.5. The van der Waals surface area contributed by atoms with Crippen molar-refractivity contribution in [1.29, 1.82) is 0 Å². The Morgan fingerprint density at radius 1 is 0.912 bits per heavy atom. The monoisotopic (exact) mass is 453 g/mol. The fourth-order valence-corrected chi connectivity index (χ4v) is 4.46. The van der Waals surface area contributed by atoms with Gasteiger partial charge in [-0.25, -0.2) is 9.48 Å². The summed E-state index contributed by atoms with van der Waals surface area (Å²) in [5.41, 5.74) is 2.22. The van der Waals surface area contributed by atoms with Crippen LogP contribution in [0.25, 0.3) is 0 Å². The number of nitrogens with zero attached hydrogens (tertiary/aromatic N) is 3. The van der Waals surface area contributed by atoms with Crippen molar-refractivity contribution in [2.75, 3.05) is 7.11 Å². The molecule has 1 aliphatic heterocycles. The lowest BCUT2D eigenvalue weighted by Gasteiger charge is -2.45. The Balaban J connectivity index is 1.65. The van der Waals surface area contributed by atoms with E-state index in [9.17, 15) is 9.59 Å². The van der Waals surface area contributed by atoms with Crippen molar-refractivity contribution >= 4 is 11.9 Å². The van der Waals surface area contributed by atoms with E-state index in [1.165, 1.54) is 18.0 Å². The Morgan fingerprint density at radius 2 is 1.41 bits per heavy atom. The molecule has 0 radical (unpaired) electrons. The molecule has 34 heavy (non-hydrogen) atoms. The number of nitrogens with one attached hydrogen (secondary N) is 2. The number of hydrogen-bond donors (Lipinski definition) is 2. The molecule has 2 N–H and O–H groups in total. The van der Waals surface area contributed by atoms with Gasteiger partial charge in [0, 0.05) is 0 Å². The molecule has 1 saturated heterocycles. The van der Waals surface area contributed by atoms with E-state index < -0.39 is 23.7 Å². The Hall–Kier alpha value is -4.30. The molecule has 1 amide bonds. The fraction of sp³-hybridized carbons (Fsp3) is 0.154. The normalized spacial score (nSPS) is 17.5. The molecule has 1 aromatic heterocycles. The predicted molar refractivity (Wildman–Crippen MR) is 125 cm³/mol. The van der Waals surface area contributed by atoms with Crippen molar-refractivity contribution in [3.05, 3.63) is 120 Å². The summed E-state index contributed by atoms with van der Waals surface area (Å²) < 4.78 is 6.24. The number of methoxy groups -OCH3 is 1. The Bertz CT molecular complexity index is 1200. The maximum Gasteiger partial charge on any atom is 0.358 e. The predicted octanol–water partition coefficient (Wildman–Crippen LogP) is 2.64. The first kappa shape index (κ1) is 21.5. The van der Waals surface area contributed by atoms with E-state index in [1.54, 1.807) is 0 Å². The molecule has 170 valence electrons. The van der Waals surface area contributed by atoms with Crippen molar-refractivity contribution in [1.82, 2.24) is 25.6 Å². The smallest absolute Gasteiger partial charge is 0.358 e. The SMILES string of the molecule is COC(=O)c1cnnn1[C@H]1NC(=O)[C@H]1NC(c1ccccc1)(c1ccccc1)c1ccccc1. The van der Waals surface area contributed by atoms with Gasteiger partial charge in [0.2, 0.25) is 5.91 Å². The number of amides is 1. The largest absolute Gasteiger partial charge is 0.464 e. The third-order valence-electron chi connectivity index (χ3n) is 6.11. The van der Waals surface area contributed by atoms with Crippen molar-refractivity contribution in [2.24, 2.45) is 0 Å². The molecule has 0 bridgehead atoms. The van der Waals surface area contributed by atoms with Gasteiger partial charge >= 0.3 is 5.97 Å². The quantitative estimate of drug-likeness (QED) is 0.254. The van der Waals surface area contributed by atoms with Crippen LogP contribution in [0.2, 0.25) is 0 Å². The lowest BCUT2D eigenvalue weighted by Crippen LogP contribution is -2.69. The molecule has 0 aliphatic carbocycles. The van der Waals surface area contributed by atoms with Gasteiger partial charge in [-0.05, 0) is 16.7 Å². The van der Waals surface area contributed by atoms with Gasteiger partial charge in [-0.15, -0.1) is 5.10 Å². The standard InChI is InChI=1S/C26H23N5O3/c1-34-25(33)21-17-27-30-31(21)23-22(24(32)28-23)29-26(18-11-5-2-6-12-18,19-13-7-3-8-14-19)20-15-9-4-10-16-20/h2-17,22-23,29H,1H3,(H,28,32)/t22-,23+/m0/s1. The molecule has 8 heteroatoms. The number of carbonyl (C=O) groups is 2. The molecular weight excluding hydrogens is 430 g/mol. The average Bonchev–Trinajstić information content (AvgIpc) is 3.38. The number of hydrogen-bond acceptors (Lipinski definition) is 6. The van der Waals surface area contributed by atoms with Gasteiger partial charge in [0.1, 0.15) is 12.2 Å². The second-order valence-electron chi connectivity index (χ2n) is 7.98. The van der Waals surface area contributed by atoms with Crippen molar-refractivity contribution in [3.8, 4) is 0 Å². The number of β-lactam (4-membered cyclic amide) rings is 1. The topological polar surface area (TPSA) is 98.1 Å². The number of benzene rings is 3. The number of aromatic nitrogens is 3. The van der Waals surface area contributed by atoms with E-state index >= 15 is 0 Å². The van der Waals surface area contributed by atoms with Crippen LogP contribution >= 0.6 is 0 Å². The summed E-state index contributed by atoms with van der Waals surface area (Å²) in [7, 11) is 1.29. The number of esters is 1. The second kappa shape index (κ2) is 8.92. The molecule has 2 atom stereocenters. The van der Waals surface area contributed by atoms with Gasteiger partial charge in [0.15, 0.2) is 5.69 Å². The van der Waals surface area contributed by atoms with Gasteiger partial charge in [-0.1, -0.05) is 96.2 Å². The Labute approximate surface area is 196 Å². The average molecular weight is 454 g/mol.